The summed E-state index contributed by atoms with van der Waals surface area (Å²) < 4.78 is 6.66. The number of amides is 1. The van der Waals surface area contributed by atoms with Crippen LogP contribution in [-0.4, -0.2) is 25.6 Å². The first-order chi connectivity index (χ1) is 15.5. The molecule has 8 heteroatoms. The molecule has 0 spiro atoms. The number of rotatable bonds is 7. The number of carbonyl (C=O) groups excluding carboxylic acids is 1. The molecule has 1 N–H and O–H groups in total. The lowest BCUT2D eigenvalue weighted by Crippen LogP contribution is -2.23. The highest BCUT2D eigenvalue weighted by molar-refractivity contribution is 7.99. The predicted octanol–water partition coefficient (Wildman–Crippen LogP) is 5.14. The molecule has 0 radical (unpaired) electrons. The first-order valence-electron chi connectivity index (χ1n) is 10.5. The van der Waals surface area contributed by atoms with E-state index in [1.807, 2.05) is 62.4 Å². The molecule has 0 bridgehead atoms. The fraction of sp³-hybridized carbons (Fsp3) is 0.250. The van der Waals surface area contributed by atoms with E-state index in [1.165, 1.54) is 23.3 Å². The molecule has 32 heavy (non-hydrogen) atoms. The van der Waals surface area contributed by atoms with E-state index in [4.69, 9.17) is 4.98 Å². The van der Waals surface area contributed by atoms with Gasteiger partial charge in [0.15, 0.2) is 5.16 Å². The fourth-order valence-corrected chi connectivity index (χ4v) is 5.03. The summed E-state index contributed by atoms with van der Waals surface area (Å²) in [7, 11) is 0. The van der Waals surface area contributed by atoms with E-state index in [-0.39, 0.29) is 17.2 Å². The Morgan fingerprint density at radius 1 is 1.16 bits per heavy atom. The largest absolute Gasteiger partial charge is 0.325 e. The highest BCUT2D eigenvalue weighted by atomic mass is 32.2. The molecule has 6 nitrogen and oxygen atoms in total. The van der Waals surface area contributed by atoms with Crippen molar-refractivity contribution >= 4 is 45.1 Å². The van der Waals surface area contributed by atoms with Crippen molar-refractivity contribution < 1.29 is 4.79 Å². The first kappa shape index (κ1) is 22.2. The fourth-order valence-electron chi connectivity index (χ4n) is 3.38. The van der Waals surface area contributed by atoms with Crippen LogP contribution in [0.15, 0.2) is 58.5 Å². The molecule has 4 aromatic rings. The average Bonchev–Trinajstić information content (AvgIpc) is 3.22. The van der Waals surface area contributed by atoms with Gasteiger partial charge in [0.2, 0.25) is 5.91 Å². The van der Waals surface area contributed by atoms with Gasteiger partial charge in [-0.3, -0.25) is 14.2 Å². The maximum Gasteiger partial charge on any atom is 0.273 e. The number of aryl methyl sites for hydroxylation is 2. The zero-order valence-corrected chi connectivity index (χ0v) is 19.8. The highest BCUT2D eigenvalue weighted by Gasteiger charge is 2.18. The molecule has 2 aromatic heterocycles. The number of thioether (sulfide) groups is 1. The monoisotopic (exact) mass is 464 g/mol. The molecule has 0 saturated heterocycles. The molecular formula is C24H24N4O2S2. The van der Waals surface area contributed by atoms with Gasteiger partial charge in [-0.1, -0.05) is 60.6 Å². The Morgan fingerprint density at radius 2 is 1.94 bits per heavy atom. The van der Waals surface area contributed by atoms with E-state index >= 15 is 0 Å². The molecule has 0 fully saturated rings. The number of benzene rings is 2. The Balaban J connectivity index is 1.61. The van der Waals surface area contributed by atoms with E-state index in [1.54, 1.807) is 4.57 Å². The van der Waals surface area contributed by atoms with E-state index in [2.05, 4.69) is 16.6 Å². The van der Waals surface area contributed by atoms with E-state index in [0.717, 1.165) is 28.8 Å². The summed E-state index contributed by atoms with van der Waals surface area (Å²) in [6, 6.07) is 15.8. The van der Waals surface area contributed by atoms with Crippen LogP contribution < -0.4 is 10.9 Å². The zero-order valence-electron chi connectivity index (χ0n) is 18.2. The number of aromatic nitrogens is 3. The van der Waals surface area contributed by atoms with Crippen LogP contribution in [0.25, 0.3) is 21.5 Å². The third-order valence-corrected chi connectivity index (χ3v) is 6.94. The van der Waals surface area contributed by atoms with Gasteiger partial charge in [0.05, 0.1) is 5.75 Å². The van der Waals surface area contributed by atoms with Gasteiger partial charge in [0.1, 0.15) is 15.9 Å². The minimum absolute atomic E-state index is 0.119. The molecule has 0 saturated carbocycles. The minimum atomic E-state index is -0.137. The van der Waals surface area contributed by atoms with Crippen LogP contribution in [0.5, 0.6) is 0 Å². The summed E-state index contributed by atoms with van der Waals surface area (Å²) in [5.41, 5.74) is 5.19. The van der Waals surface area contributed by atoms with Crippen LogP contribution in [0.3, 0.4) is 0 Å². The molecule has 2 heterocycles. The third kappa shape index (κ3) is 4.61. The highest BCUT2D eigenvalue weighted by Crippen LogP contribution is 2.29. The lowest BCUT2D eigenvalue weighted by atomic mass is 10.1. The third-order valence-electron chi connectivity index (χ3n) is 5.14. The second-order valence-corrected chi connectivity index (χ2v) is 9.13. The van der Waals surface area contributed by atoms with Gasteiger partial charge < -0.3 is 5.32 Å². The number of carbonyl (C=O) groups is 1. The van der Waals surface area contributed by atoms with E-state index < -0.39 is 0 Å². The van der Waals surface area contributed by atoms with Gasteiger partial charge in [0, 0.05) is 17.8 Å². The molecule has 0 atom stereocenters. The number of fused-ring (bicyclic) bond motifs is 1. The van der Waals surface area contributed by atoms with Crippen molar-refractivity contribution in [2.24, 2.45) is 0 Å². The molecule has 2 aromatic carbocycles. The number of anilines is 1. The normalized spacial score (nSPS) is 11.1. The summed E-state index contributed by atoms with van der Waals surface area (Å²) >= 11 is 2.44. The van der Waals surface area contributed by atoms with Crippen LogP contribution >= 0.6 is 23.3 Å². The SMILES string of the molecule is CCc1cccc(NC(=O)CSc2nc3c(-c4ccc(C)cc4)nsc3c(=O)n2CC)c1. The minimum Gasteiger partial charge on any atom is -0.325 e. The van der Waals surface area contributed by atoms with Crippen LogP contribution in [0.2, 0.25) is 0 Å². The molecule has 1 amide bonds. The second kappa shape index (κ2) is 9.67. The number of nitrogens with one attached hydrogen (secondary N) is 1. The topological polar surface area (TPSA) is 76.9 Å². The quantitative estimate of drug-likeness (QED) is 0.303. The molecule has 0 aliphatic carbocycles. The number of nitrogens with zero attached hydrogens (tertiary/aromatic N) is 3. The summed E-state index contributed by atoms with van der Waals surface area (Å²) in [4.78, 5) is 30.4. The van der Waals surface area contributed by atoms with Crippen molar-refractivity contribution in [1.29, 1.82) is 0 Å². The Bertz CT molecular complexity index is 1330. The Hall–Kier alpha value is -2.97. The van der Waals surface area contributed by atoms with Crippen LogP contribution in [0, 0.1) is 6.92 Å². The van der Waals surface area contributed by atoms with Gasteiger partial charge in [-0.2, -0.15) is 4.37 Å². The van der Waals surface area contributed by atoms with Crippen molar-refractivity contribution in [2.45, 2.75) is 38.9 Å². The van der Waals surface area contributed by atoms with Gasteiger partial charge >= 0.3 is 0 Å². The molecule has 0 aliphatic rings. The summed E-state index contributed by atoms with van der Waals surface area (Å²) in [5, 5.41) is 3.45. The number of hydrogen-bond acceptors (Lipinski definition) is 6. The molecule has 0 unspecified atom stereocenters. The lowest BCUT2D eigenvalue weighted by Gasteiger charge is -2.10. The Labute approximate surface area is 194 Å². The van der Waals surface area contributed by atoms with Gasteiger partial charge in [-0.05, 0) is 49.5 Å². The molecule has 164 valence electrons. The summed E-state index contributed by atoms with van der Waals surface area (Å²) in [5.74, 6) is 0.0218. The molecular weight excluding hydrogens is 440 g/mol. The predicted molar refractivity (Wildman–Crippen MR) is 133 cm³/mol. The maximum atomic E-state index is 13.1. The van der Waals surface area contributed by atoms with Crippen molar-refractivity contribution in [3.63, 3.8) is 0 Å². The smallest absolute Gasteiger partial charge is 0.273 e. The van der Waals surface area contributed by atoms with E-state index in [9.17, 15) is 9.59 Å². The zero-order chi connectivity index (χ0) is 22.7. The van der Waals surface area contributed by atoms with Crippen LogP contribution in [-0.2, 0) is 17.8 Å². The first-order valence-corrected chi connectivity index (χ1v) is 12.2. The Morgan fingerprint density at radius 3 is 2.66 bits per heavy atom. The summed E-state index contributed by atoms with van der Waals surface area (Å²) in [6.45, 7) is 6.48. The van der Waals surface area contributed by atoms with Crippen LogP contribution in [0.4, 0.5) is 5.69 Å². The van der Waals surface area contributed by atoms with Gasteiger partial charge in [-0.15, -0.1) is 0 Å². The van der Waals surface area contributed by atoms with Gasteiger partial charge in [-0.25, -0.2) is 4.98 Å². The van der Waals surface area contributed by atoms with Crippen LogP contribution in [0.1, 0.15) is 25.0 Å². The lowest BCUT2D eigenvalue weighted by molar-refractivity contribution is -0.113. The van der Waals surface area contributed by atoms with E-state index in [0.29, 0.717) is 27.6 Å². The Kier molecular flexibility index (Phi) is 6.72. The van der Waals surface area contributed by atoms with Crippen molar-refractivity contribution in [1.82, 2.24) is 13.9 Å². The van der Waals surface area contributed by atoms with Crippen molar-refractivity contribution in [3.8, 4) is 11.3 Å². The second-order valence-electron chi connectivity index (χ2n) is 7.41. The van der Waals surface area contributed by atoms with Gasteiger partial charge in [0.25, 0.3) is 5.56 Å². The number of hydrogen-bond donors (Lipinski definition) is 1. The van der Waals surface area contributed by atoms with Crippen molar-refractivity contribution in [2.75, 3.05) is 11.1 Å². The average molecular weight is 465 g/mol. The van der Waals surface area contributed by atoms with Crippen molar-refractivity contribution in [3.05, 3.63) is 70.0 Å². The molecule has 0 aliphatic heterocycles. The standard InChI is InChI=1S/C24H24N4O2S2/c1-4-16-7-6-8-18(13-16)25-19(29)14-31-24-26-21-20(17-11-9-15(3)10-12-17)27-32-22(21)23(30)28(24)5-2/h6-13H,4-5,14H2,1-3H3,(H,25,29). The molecule has 4 rings (SSSR count). The summed E-state index contributed by atoms with van der Waals surface area (Å²) in [6.07, 6.45) is 0.906. The maximum absolute atomic E-state index is 13.1.